The fourth-order valence-corrected chi connectivity index (χ4v) is 5.58. The lowest BCUT2D eigenvalue weighted by Crippen LogP contribution is -2.52. The van der Waals surface area contributed by atoms with Crippen LogP contribution in [0.1, 0.15) is 49.0 Å². The molecule has 1 aromatic heterocycles. The van der Waals surface area contributed by atoms with E-state index in [9.17, 15) is 32.3 Å². The standard InChI is InChI=1S/C27H32F3N3O7/c1-38-22-10-6-8-17-16(22)12-18(31-17)24(36)33-14-26(40-3,27(28,29)30)13-20(33)23(35)32-19(25(37)39-2)11-15-7-4-5-9-21(15)34/h6,8,10,12,15,19-20,31H,4-5,7,9,11,13-14H2,1-3H3,(H,32,35)/t15-,19-,20-,26-/m0/s1. The topological polar surface area (TPSA) is 127 Å². The zero-order valence-corrected chi connectivity index (χ0v) is 22.4. The van der Waals surface area contributed by atoms with Gasteiger partial charge in [-0.15, -0.1) is 0 Å². The van der Waals surface area contributed by atoms with Crippen LogP contribution in [0.3, 0.4) is 0 Å². The number of aromatic nitrogens is 1. The lowest BCUT2D eigenvalue weighted by atomic mass is 9.83. The Bertz CT molecular complexity index is 1290. The van der Waals surface area contributed by atoms with Gasteiger partial charge in [-0.1, -0.05) is 12.5 Å². The Morgan fingerprint density at radius 3 is 2.58 bits per heavy atom. The van der Waals surface area contributed by atoms with Gasteiger partial charge in [-0.25, -0.2) is 4.79 Å². The van der Waals surface area contributed by atoms with Crippen LogP contribution in [-0.4, -0.2) is 85.2 Å². The number of aromatic amines is 1. The molecule has 0 spiro atoms. The van der Waals surface area contributed by atoms with Crippen molar-refractivity contribution in [3.63, 3.8) is 0 Å². The van der Waals surface area contributed by atoms with Crippen molar-refractivity contribution in [2.75, 3.05) is 27.9 Å². The second-order valence-corrected chi connectivity index (χ2v) is 10.2. The largest absolute Gasteiger partial charge is 0.496 e. The summed E-state index contributed by atoms with van der Waals surface area (Å²) in [4.78, 5) is 55.7. The Balaban J connectivity index is 1.65. The highest BCUT2D eigenvalue weighted by atomic mass is 19.4. The maximum Gasteiger partial charge on any atom is 0.419 e. The van der Waals surface area contributed by atoms with Crippen molar-refractivity contribution in [1.82, 2.24) is 15.2 Å². The van der Waals surface area contributed by atoms with Crippen LogP contribution in [0.15, 0.2) is 24.3 Å². The number of benzene rings is 1. The first-order chi connectivity index (χ1) is 18.9. The summed E-state index contributed by atoms with van der Waals surface area (Å²) in [7, 11) is 3.43. The predicted molar refractivity (Wildman–Crippen MR) is 136 cm³/mol. The van der Waals surface area contributed by atoms with Crippen molar-refractivity contribution in [2.45, 2.75) is 62.4 Å². The van der Waals surface area contributed by atoms with Crippen molar-refractivity contribution >= 4 is 34.5 Å². The highest BCUT2D eigenvalue weighted by Crippen LogP contribution is 2.44. The average molecular weight is 568 g/mol. The number of ketones is 1. The van der Waals surface area contributed by atoms with E-state index in [1.165, 1.54) is 13.2 Å². The van der Waals surface area contributed by atoms with Crippen molar-refractivity contribution in [1.29, 1.82) is 0 Å². The highest BCUT2D eigenvalue weighted by Gasteiger charge is 2.64. The predicted octanol–water partition coefficient (Wildman–Crippen LogP) is 3.15. The summed E-state index contributed by atoms with van der Waals surface area (Å²) in [6.45, 7) is -0.944. The van der Waals surface area contributed by atoms with Gasteiger partial charge in [0.25, 0.3) is 5.91 Å². The minimum atomic E-state index is -4.91. The third-order valence-electron chi connectivity index (χ3n) is 7.87. The van der Waals surface area contributed by atoms with Gasteiger partial charge < -0.3 is 29.4 Å². The van der Waals surface area contributed by atoms with Crippen LogP contribution in [0.2, 0.25) is 0 Å². The minimum absolute atomic E-state index is 0.0446. The molecule has 10 nitrogen and oxygen atoms in total. The van der Waals surface area contributed by atoms with Gasteiger partial charge >= 0.3 is 12.1 Å². The maximum atomic E-state index is 14.2. The number of halogens is 3. The molecular weight excluding hydrogens is 535 g/mol. The molecule has 4 atom stereocenters. The first-order valence-electron chi connectivity index (χ1n) is 12.9. The van der Waals surface area contributed by atoms with E-state index in [1.54, 1.807) is 18.2 Å². The number of esters is 1. The van der Waals surface area contributed by atoms with Crippen LogP contribution < -0.4 is 10.1 Å². The molecule has 1 saturated heterocycles. The van der Waals surface area contributed by atoms with Gasteiger partial charge in [0.05, 0.1) is 20.8 Å². The van der Waals surface area contributed by atoms with Crippen molar-refractivity contribution in [3.8, 4) is 5.75 Å². The van der Waals surface area contributed by atoms with Crippen LogP contribution in [-0.2, 0) is 23.9 Å². The number of H-pyrrole nitrogens is 1. The van der Waals surface area contributed by atoms with Gasteiger partial charge in [0.15, 0.2) is 5.60 Å². The van der Waals surface area contributed by atoms with Gasteiger partial charge in [0.2, 0.25) is 5.91 Å². The second-order valence-electron chi connectivity index (χ2n) is 10.2. The van der Waals surface area contributed by atoms with E-state index in [1.807, 2.05) is 0 Å². The molecule has 1 aromatic carbocycles. The summed E-state index contributed by atoms with van der Waals surface area (Å²) in [5.41, 5.74) is -2.35. The molecule has 2 fully saturated rings. The summed E-state index contributed by atoms with van der Waals surface area (Å²) in [5, 5.41) is 2.99. The number of carbonyl (C=O) groups excluding carboxylic acids is 4. The zero-order valence-electron chi connectivity index (χ0n) is 22.4. The summed E-state index contributed by atoms with van der Waals surface area (Å²) < 4.78 is 57.7. The Hall–Kier alpha value is -3.61. The first kappa shape index (κ1) is 29.4. The van der Waals surface area contributed by atoms with Crippen LogP contribution in [0.5, 0.6) is 5.75 Å². The number of fused-ring (bicyclic) bond motifs is 1. The number of nitrogens with zero attached hydrogens (tertiary/aromatic N) is 1. The van der Waals surface area contributed by atoms with Gasteiger partial charge in [-0.05, 0) is 37.5 Å². The number of carbonyl (C=O) groups is 4. The van der Waals surface area contributed by atoms with Crippen molar-refractivity contribution < 1.29 is 46.6 Å². The number of Topliss-reactive ketones (excluding diaryl/α,β-unsaturated/α-hetero) is 1. The molecule has 2 amide bonds. The van der Waals surface area contributed by atoms with E-state index in [0.717, 1.165) is 32.0 Å². The van der Waals surface area contributed by atoms with E-state index in [-0.39, 0.29) is 17.9 Å². The van der Waals surface area contributed by atoms with Crippen molar-refractivity contribution in [3.05, 3.63) is 30.0 Å². The highest BCUT2D eigenvalue weighted by molar-refractivity contribution is 6.02. The molecule has 0 radical (unpaired) electrons. The smallest absolute Gasteiger partial charge is 0.419 e. The molecule has 2 aromatic rings. The normalized spacial score (nSPS) is 24.1. The quantitative estimate of drug-likeness (QED) is 0.470. The van der Waals surface area contributed by atoms with Gasteiger partial charge in [-0.3, -0.25) is 14.4 Å². The Kier molecular flexibility index (Phi) is 8.43. The molecule has 13 heteroatoms. The van der Waals surface area contributed by atoms with Crippen LogP contribution >= 0.6 is 0 Å². The molecule has 2 heterocycles. The van der Waals surface area contributed by atoms with E-state index < -0.39 is 60.5 Å². The van der Waals surface area contributed by atoms with Crippen LogP contribution in [0.25, 0.3) is 10.9 Å². The number of nitrogens with one attached hydrogen (secondary N) is 2. The lowest BCUT2D eigenvalue weighted by molar-refractivity contribution is -0.263. The zero-order chi connectivity index (χ0) is 29.2. The number of ether oxygens (including phenoxy) is 3. The number of methoxy groups -OCH3 is 3. The van der Waals surface area contributed by atoms with Gasteiger partial charge in [0.1, 0.15) is 29.3 Å². The molecule has 0 bridgehead atoms. The molecule has 2 N–H and O–H groups in total. The Morgan fingerprint density at radius 1 is 1.20 bits per heavy atom. The molecule has 218 valence electrons. The SMILES string of the molecule is COC(=O)[C@H](C[C@@H]1CCCCC1=O)NC(=O)[C@@H]1C[C@@](OC)(C(F)(F)F)CN1C(=O)c1cc2c(OC)cccc2[nH]1. The fraction of sp³-hybridized carbons (Fsp3) is 0.556. The number of hydrogen-bond acceptors (Lipinski definition) is 7. The Labute approximate surface area is 228 Å². The fourth-order valence-electron chi connectivity index (χ4n) is 5.58. The number of likely N-dealkylation sites (tertiary alicyclic amines) is 1. The lowest BCUT2D eigenvalue weighted by Gasteiger charge is -2.29. The van der Waals surface area contributed by atoms with E-state index in [2.05, 4.69) is 10.3 Å². The van der Waals surface area contributed by atoms with E-state index >= 15 is 0 Å². The Morgan fingerprint density at radius 2 is 1.95 bits per heavy atom. The summed E-state index contributed by atoms with van der Waals surface area (Å²) in [6.07, 6.45) is -3.44. The summed E-state index contributed by atoms with van der Waals surface area (Å²) in [6, 6.07) is 3.56. The van der Waals surface area contributed by atoms with Crippen LogP contribution in [0.4, 0.5) is 13.2 Å². The molecule has 40 heavy (non-hydrogen) atoms. The average Bonchev–Trinajstić information content (AvgIpc) is 3.56. The molecular formula is C27H32F3N3O7. The van der Waals surface area contributed by atoms with Crippen molar-refractivity contribution in [2.24, 2.45) is 5.92 Å². The molecule has 1 aliphatic heterocycles. The molecule has 0 unspecified atom stereocenters. The molecule has 1 aliphatic carbocycles. The summed E-state index contributed by atoms with van der Waals surface area (Å²) >= 11 is 0. The molecule has 1 saturated carbocycles. The van der Waals surface area contributed by atoms with E-state index in [0.29, 0.717) is 29.5 Å². The number of hydrogen-bond donors (Lipinski definition) is 2. The second kappa shape index (κ2) is 11.5. The number of amides is 2. The maximum absolute atomic E-state index is 14.2. The summed E-state index contributed by atoms with van der Waals surface area (Å²) in [5.74, 6) is -2.77. The first-order valence-corrected chi connectivity index (χ1v) is 12.9. The molecule has 2 aliphatic rings. The number of alkyl halides is 3. The monoisotopic (exact) mass is 567 g/mol. The third-order valence-corrected chi connectivity index (χ3v) is 7.87. The minimum Gasteiger partial charge on any atom is -0.496 e. The third kappa shape index (κ3) is 5.51. The molecule has 4 rings (SSSR count). The van der Waals surface area contributed by atoms with Gasteiger partial charge in [-0.2, -0.15) is 13.2 Å². The number of rotatable bonds is 8. The van der Waals surface area contributed by atoms with Gasteiger partial charge in [0, 0.05) is 36.8 Å². The van der Waals surface area contributed by atoms with Crippen LogP contribution in [0, 0.1) is 5.92 Å². The van der Waals surface area contributed by atoms with E-state index in [4.69, 9.17) is 14.2 Å².